The molecule has 3 heteroatoms. The van der Waals surface area contributed by atoms with E-state index in [-0.39, 0.29) is 0 Å². The van der Waals surface area contributed by atoms with Crippen molar-refractivity contribution in [3.05, 3.63) is 279 Å². The topological polar surface area (TPSA) is 21.3 Å². The first-order chi connectivity index (χ1) is 37.2. The maximum atomic E-state index is 6.60. The first-order valence-corrected chi connectivity index (χ1v) is 25.7. The van der Waals surface area contributed by atoms with Crippen molar-refractivity contribution in [1.82, 2.24) is 4.57 Å². The predicted molar refractivity (Wildman–Crippen MR) is 317 cm³/mol. The van der Waals surface area contributed by atoms with Crippen LogP contribution in [0.4, 0.5) is 17.1 Å². The smallest absolute Gasteiger partial charge is 0.143 e. The molecule has 15 aromatic rings. The molecule has 15 rings (SSSR count). The highest BCUT2D eigenvalue weighted by Crippen LogP contribution is 2.42. The molecule has 13 aromatic carbocycles. The number of fused-ring (bicyclic) bond motifs is 11. The number of aromatic nitrogens is 1. The van der Waals surface area contributed by atoms with Gasteiger partial charge in [0.1, 0.15) is 11.2 Å². The summed E-state index contributed by atoms with van der Waals surface area (Å²) in [7, 11) is 0. The number of nitrogens with zero attached hydrogens (tertiary/aromatic N) is 2. The number of rotatable bonds is 8. The number of benzene rings is 13. The van der Waals surface area contributed by atoms with Crippen molar-refractivity contribution < 1.29 is 4.42 Å². The van der Waals surface area contributed by atoms with Crippen molar-refractivity contribution in [3.8, 4) is 50.2 Å². The molecular weight excluding hydrogens is 909 g/mol. The van der Waals surface area contributed by atoms with Crippen LogP contribution >= 0.6 is 0 Å². The molecule has 0 atom stereocenters. The monoisotopic (exact) mass is 954 g/mol. The number of para-hydroxylation sites is 3. The van der Waals surface area contributed by atoms with Gasteiger partial charge in [-0.3, -0.25) is 0 Å². The fourth-order valence-corrected chi connectivity index (χ4v) is 11.7. The van der Waals surface area contributed by atoms with E-state index < -0.39 is 0 Å². The summed E-state index contributed by atoms with van der Waals surface area (Å²) in [5.74, 6) is 0. The minimum atomic E-state index is 0.890. The highest BCUT2D eigenvalue weighted by molar-refractivity contribution is 6.15. The van der Waals surface area contributed by atoms with Gasteiger partial charge in [0.25, 0.3) is 0 Å². The molecule has 0 unspecified atom stereocenters. The maximum absolute atomic E-state index is 6.60. The SMILES string of the molecule is c1cc(-c2ccc(N(c3ccc(-c4ccc5c(c4)oc4c6ccccc6ccc54)cc3)c3ccc(-c4ccccc4-n4c5ccccc5c5ccccc54)cc3)cc2)cc(-c2ccc3c(ccc4ccccc43)c2)c1. The summed E-state index contributed by atoms with van der Waals surface area (Å²) >= 11 is 0. The Kier molecular flexibility index (Phi) is 9.89. The van der Waals surface area contributed by atoms with Gasteiger partial charge in [-0.15, -0.1) is 0 Å². The average Bonchev–Trinajstić information content (AvgIpc) is 4.06. The first kappa shape index (κ1) is 42.7. The Morgan fingerprint density at radius 3 is 1.40 bits per heavy atom. The Morgan fingerprint density at radius 2 is 0.720 bits per heavy atom. The van der Waals surface area contributed by atoms with Gasteiger partial charge in [0, 0.05) is 49.6 Å². The number of hydrogen-bond donors (Lipinski definition) is 0. The summed E-state index contributed by atoms with van der Waals surface area (Å²) in [4.78, 5) is 2.36. The number of furan rings is 1. The predicted octanol–water partition coefficient (Wildman–Crippen LogP) is 20.3. The lowest BCUT2D eigenvalue weighted by atomic mass is 9.95. The first-order valence-electron chi connectivity index (χ1n) is 25.7. The molecule has 0 aliphatic carbocycles. The van der Waals surface area contributed by atoms with Gasteiger partial charge >= 0.3 is 0 Å². The molecule has 0 saturated carbocycles. The highest BCUT2D eigenvalue weighted by Gasteiger charge is 2.19. The van der Waals surface area contributed by atoms with Gasteiger partial charge in [-0.25, -0.2) is 0 Å². The molecule has 2 heterocycles. The average molecular weight is 955 g/mol. The fraction of sp³-hybridized carbons (Fsp3) is 0. The molecule has 3 nitrogen and oxygen atoms in total. The lowest BCUT2D eigenvalue weighted by Gasteiger charge is -2.26. The summed E-state index contributed by atoms with van der Waals surface area (Å²) in [5, 5.41) is 12.2. The molecule has 2 aromatic heterocycles. The van der Waals surface area contributed by atoms with Crippen LogP contribution in [0.3, 0.4) is 0 Å². The van der Waals surface area contributed by atoms with E-state index in [0.29, 0.717) is 0 Å². The summed E-state index contributed by atoms with van der Waals surface area (Å²) in [6.45, 7) is 0. The zero-order valence-electron chi connectivity index (χ0n) is 40.9. The highest BCUT2D eigenvalue weighted by atomic mass is 16.3. The zero-order valence-corrected chi connectivity index (χ0v) is 40.9. The molecule has 0 bridgehead atoms. The second kappa shape index (κ2) is 17.4. The van der Waals surface area contributed by atoms with Crippen molar-refractivity contribution in [1.29, 1.82) is 0 Å². The molecule has 0 aliphatic heterocycles. The Morgan fingerprint density at radius 1 is 0.267 bits per heavy atom. The summed E-state index contributed by atoms with van der Waals surface area (Å²) in [6.07, 6.45) is 0. The van der Waals surface area contributed by atoms with Crippen LogP contribution < -0.4 is 4.90 Å². The molecule has 0 spiro atoms. The van der Waals surface area contributed by atoms with E-state index in [1.165, 1.54) is 71.0 Å². The summed E-state index contributed by atoms with van der Waals surface area (Å²) in [6, 6.07) is 101. The van der Waals surface area contributed by atoms with Crippen LogP contribution in [0.2, 0.25) is 0 Å². The van der Waals surface area contributed by atoms with Gasteiger partial charge in [0.05, 0.1) is 16.7 Å². The Hall–Kier alpha value is -9.96. The Bertz CT molecular complexity index is 4640. The van der Waals surface area contributed by atoms with Gasteiger partial charge in [-0.2, -0.15) is 0 Å². The lowest BCUT2D eigenvalue weighted by Crippen LogP contribution is -2.09. The van der Waals surface area contributed by atoms with Crippen molar-refractivity contribution in [2.45, 2.75) is 0 Å². The molecule has 350 valence electrons. The number of hydrogen-bond acceptors (Lipinski definition) is 2. The summed E-state index contributed by atoms with van der Waals surface area (Å²) < 4.78 is 9.02. The normalized spacial score (nSPS) is 11.7. The van der Waals surface area contributed by atoms with Gasteiger partial charge in [0.15, 0.2) is 0 Å². The molecule has 0 radical (unpaired) electrons. The second-order valence-corrected chi connectivity index (χ2v) is 19.6. The standard InChI is InChI=1S/C72H46N2O/c1-3-16-60-49(12-1)24-25-56-45-54(33-41-61(56)60)53-15-11-14-52(44-53)47-26-35-57(36-27-47)73(58-37-28-48(29-38-58)55-34-42-66-67-43-32-50-13-2-4-18-63(50)72(67)75-71(66)46-55)59-39-30-51(31-40-59)62-17-5-8-21-68(62)74-69-22-9-6-19-64(69)65-20-7-10-23-70(65)74/h1-46H. The van der Waals surface area contributed by atoms with Crippen LogP contribution in [0.25, 0.3) is 126 Å². The second-order valence-electron chi connectivity index (χ2n) is 19.6. The fourth-order valence-electron chi connectivity index (χ4n) is 11.7. The molecular formula is C72H46N2O. The van der Waals surface area contributed by atoms with Gasteiger partial charge in [-0.05, 0) is 151 Å². The van der Waals surface area contributed by atoms with E-state index in [0.717, 1.165) is 72.3 Å². The van der Waals surface area contributed by atoms with Crippen LogP contribution in [-0.2, 0) is 0 Å². The number of anilines is 3. The quantitative estimate of drug-likeness (QED) is 0.142. The van der Waals surface area contributed by atoms with Gasteiger partial charge in [-0.1, -0.05) is 194 Å². The zero-order chi connectivity index (χ0) is 49.4. The van der Waals surface area contributed by atoms with Gasteiger partial charge < -0.3 is 13.9 Å². The van der Waals surface area contributed by atoms with Crippen LogP contribution in [0, 0.1) is 0 Å². The van der Waals surface area contributed by atoms with E-state index in [9.17, 15) is 0 Å². The van der Waals surface area contributed by atoms with Crippen LogP contribution in [-0.4, -0.2) is 4.57 Å². The molecule has 0 aliphatic rings. The molecule has 0 N–H and O–H groups in total. The van der Waals surface area contributed by atoms with E-state index in [1.54, 1.807) is 0 Å². The molecule has 0 amide bonds. The minimum Gasteiger partial charge on any atom is -0.455 e. The van der Waals surface area contributed by atoms with E-state index in [4.69, 9.17) is 4.42 Å². The maximum Gasteiger partial charge on any atom is 0.143 e. The van der Waals surface area contributed by atoms with E-state index >= 15 is 0 Å². The lowest BCUT2D eigenvalue weighted by molar-refractivity contribution is 0.673. The minimum absolute atomic E-state index is 0.890. The van der Waals surface area contributed by atoms with Crippen molar-refractivity contribution >= 4 is 93.1 Å². The van der Waals surface area contributed by atoms with Crippen LogP contribution in [0.15, 0.2) is 283 Å². The molecule has 0 fully saturated rings. The Balaban J connectivity index is 0.797. The largest absolute Gasteiger partial charge is 0.455 e. The third kappa shape index (κ3) is 7.20. The van der Waals surface area contributed by atoms with Gasteiger partial charge in [0.2, 0.25) is 0 Å². The van der Waals surface area contributed by atoms with E-state index in [2.05, 4.69) is 289 Å². The van der Waals surface area contributed by atoms with E-state index in [1.807, 2.05) is 0 Å². The van der Waals surface area contributed by atoms with Crippen LogP contribution in [0.1, 0.15) is 0 Å². The van der Waals surface area contributed by atoms with Crippen molar-refractivity contribution in [3.63, 3.8) is 0 Å². The molecule has 75 heavy (non-hydrogen) atoms. The third-order valence-electron chi connectivity index (χ3n) is 15.4. The van der Waals surface area contributed by atoms with Crippen molar-refractivity contribution in [2.24, 2.45) is 0 Å². The summed E-state index contributed by atoms with van der Waals surface area (Å²) in [5.41, 5.74) is 17.9. The van der Waals surface area contributed by atoms with Crippen LogP contribution in [0.5, 0.6) is 0 Å². The molecule has 0 saturated heterocycles. The third-order valence-corrected chi connectivity index (χ3v) is 15.4. The van der Waals surface area contributed by atoms with Crippen molar-refractivity contribution in [2.75, 3.05) is 4.90 Å². The Labute approximate surface area is 434 Å².